The van der Waals surface area contributed by atoms with Crippen LogP contribution in [0.4, 0.5) is 4.79 Å². The van der Waals surface area contributed by atoms with E-state index >= 15 is 0 Å². The maximum Gasteiger partial charge on any atom is 0.315 e. The summed E-state index contributed by atoms with van der Waals surface area (Å²) in [6.07, 6.45) is 6.30. The van der Waals surface area contributed by atoms with Crippen LogP contribution in [0.3, 0.4) is 0 Å². The summed E-state index contributed by atoms with van der Waals surface area (Å²) >= 11 is 0. The molecule has 0 heterocycles. The number of carboxylic acid groups (broad SMARTS) is 1. The van der Waals surface area contributed by atoms with Crippen molar-refractivity contribution < 1.29 is 14.7 Å². The van der Waals surface area contributed by atoms with E-state index in [0.717, 1.165) is 0 Å². The molecule has 0 aromatic rings. The molecule has 0 spiro atoms. The second-order valence-electron chi connectivity index (χ2n) is 3.45. The van der Waals surface area contributed by atoms with E-state index in [0.29, 0.717) is 12.8 Å². The molecule has 0 bridgehead atoms. The molecule has 0 aliphatic carbocycles. The van der Waals surface area contributed by atoms with Gasteiger partial charge in [0.1, 0.15) is 0 Å². The van der Waals surface area contributed by atoms with Gasteiger partial charge in [0.15, 0.2) is 0 Å². The predicted molar refractivity (Wildman–Crippen MR) is 60.9 cm³/mol. The van der Waals surface area contributed by atoms with Crippen LogP contribution in [0.25, 0.3) is 0 Å². The highest BCUT2D eigenvalue weighted by atomic mass is 16.4. The fourth-order valence-electron chi connectivity index (χ4n) is 1.16. The number of rotatable bonds is 6. The van der Waals surface area contributed by atoms with E-state index in [2.05, 4.69) is 16.6 Å². The highest BCUT2D eigenvalue weighted by molar-refractivity contribution is 5.76. The molecular formula is C11H18N2O3. The Balaban J connectivity index is 4.10. The van der Waals surface area contributed by atoms with Crippen molar-refractivity contribution in [2.24, 2.45) is 0 Å². The first kappa shape index (κ1) is 14.3. The SMILES string of the molecule is C#CC(CC)NC(=O)NC(CC)CC(=O)O. The number of terminal acetylenes is 1. The molecule has 0 fully saturated rings. The molecule has 90 valence electrons. The number of carbonyl (C=O) groups excluding carboxylic acids is 1. The zero-order chi connectivity index (χ0) is 12.6. The summed E-state index contributed by atoms with van der Waals surface area (Å²) in [5.41, 5.74) is 0. The molecule has 5 nitrogen and oxygen atoms in total. The first-order valence-electron chi connectivity index (χ1n) is 5.28. The van der Waals surface area contributed by atoms with Crippen molar-refractivity contribution in [3.8, 4) is 12.3 Å². The molecule has 2 atom stereocenters. The van der Waals surface area contributed by atoms with Crippen molar-refractivity contribution in [2.45, 2.75) is 45.2 Å². The third kappa shape index (κ3) is 5.91. The second-order valence-corrected chi connectivity index (χ2v) is 3.45. The molecule has 16 heavy (non-hydrogen) atoms. The molecule has 0 rings (SSSR count). The summed E-state index contributed by atoms with van der Waals surface area (Å²) in [5.74, 6) is 1.49. The molecule has 0 aromatic heterocycles. The largest absolute Gasteiger partial charge is 0.481 e. The van der Waals surface area contributed by atoms with Crippen molar-refractivity contribution >= 4 is 12.0 Å². The van der Waals surface area contributed by atoms with Crippen LogP contribution in [-0.2, 0) is 4.79 Å². The van der Waals surface area contributed by atoms with Crippen molar-refractivity contribution in [1.29, 1.82) is 0 Å². The Morgan fingerprint density at radius 3 is 2.31 bits per heavy atom. The molecule has 5 heteroatoms. The van der Waals surface area contributed by atoms with Crippen molar-refractivity contribution in [3.63, 3.8) is 0 Å². The lowest BCUT2D eigenvalue weighted by Gasteiger charge is -2.17. The van der Waals surface area contributed by atoms with Crippen LogP contribution < -0.4 is 10.6 Å². The van der Waals surface area contributed by atoms with Gasteiger partial charge in [0.05, 0.1) is 12.5 Å². The topological polar surface area (TPSA) is 78.4 Å². The highest BCUT2D eigenvalue weighted by Gasteiger charge is 2.15. The molecular weight excluding hydrogens is 208 g/mol. The van der Waals surface area contributed by atoms with E-state index in [4.69, 9.17) is 11.5 Å². The van der Waals surface area contributed by atoms with Crippen LogP contribution >= 0.6 is 0 Å². The molecule has 0 aromatic carbocycles. The van der Waals surface area contributed by atoms with E-state index in [-0.39, 0.29) is 18.5 Å². The number of nitrogens with one attached hydrogen (secondary N) is 2. The van der Waals surface area contributed by atoms with Gasteiger partial charge in [-0.2, -0.15) is 0 Å². The van der Waals surface area contributed by atoms with Crippen LogP contribution in [-0.4, -0.2) is 29.2 Å². The van der Waals surface area contributed by atoms with Crippen LogP contribution in [0.15, 0.2) is 0 Å². The minimum atomic E-state index is -0.934. The molecule has 0 aliphatic rings. The lowest BCUT2D eigenvalue weighted by Crippen LogP contribution is -2.46. The van der Waals surface area contributed by atoms with Crippen LogP contribution in [0.1, 0.15) is 33.1 Å². The molecule has 2 amide bonds. The highest BCUT2D eigenvalue weighted by Crippen LogP contribution is 1.97. The summed E-state index contributed by atoms with van der Waals surface area (Å²) in [7, 11) is 0. The molecule has 2 unspecified atom stereocenters. The van der Waals surface area contributed by atoms with Crippen molar-refractivity contribution in [3.05, 3.63) is 0 Å². The van der Waals surface area contributed by atoms with Crippen LogP contribution in [0.5, 0.6) is 0 Å². The molecule has 3 N–H and O–H groups in total. The van der Waals surface area contributed by atoms with Gasteiger partial charge in [-0.3, -0.25) is 4.79 Å². The van der Waals surface area contributed by atoms with Gasteiger partial charge in [-0.25, -0.2) is 4.79 Å². The van der Waals surface area contributed by atoms with Gasteiger partial charge in [0, 0.05) is 6.04 Å². The van der Waals surface area contributed by atoms with Gasteiger partial charge in [-0.15, -0.1) is 6.42 Å². The molecule has 0 saturated heterocycles. The van der Waals surface area contributed by atoms with Crippen molar-refractivity contribution in [2.75, 3.05) is 0 Å². The Morgan fingerprint density at radius 2 is 1.94 bits per heavy atom. The lowest BCUT2D eigenvalue weighted by molar-refractivity contribution is -0.137. The number of aliphatic carboxylic acids is 1. The summed E-state index contributed by atoms with van der Waals surface area (Å²) in [5, 5.41) is 13.7. The number of amides is 2. The number of carbonyl (C=O) groups is 2. The van der Waals surface area contributed by atoms with Gasteiger partial charge >= 0.3 is 12.0 Å². The summed E-state index contributed by atoms with van der Waals surface area (Å²) in [4.78, 5) is 21.9. The monoisotopic (exact) mass is 226 g/mol. The molecule has 0 aliphatic heterocycles. The number of carboxylic acids is 1. The minimum Gasteiger partial charge on any atom is -0.481 e. The number of urea groups is 1. The first-order valence-corrected chi connectivity index (χ1v) is 5.28. The normalized spacial score (nSPS) is 13.3. The van der Waals surface area contributed by atoms with E-state index in [1.165, 1.54) is 0 Å². The average Bonchev–Trinajstić information content (AvgIpc) is 2.24. The molecule has 0 radical (unpaired) electrons. The standard InChI is InChI=1S/C11H18N2O3/c1-4-8(5-2)12-11(16)13-9(6-3)7-10(14)15/h1,8-9H,5-7H2,2-3H3,(H,14,15)(H2,12,13,16). The lowest BCUT2D eigenvalue weighted by atomic mass is 10.1. The third-order valence-corrected chi connectivity index (χ3v) is 2.16. The second kappa shape index (κ2) is 7.57. The van der Waals surface area contributed by atoms with Crippen LogP contribution in [0, 0.1) is 12.3 Å². The zero-order valence-electron chi connectivity index (χ0n) is 9.62. The fourth-order valence-corrected chi connectivity index (χ4v) is 1.16. The van der Waals surface area contributed by atoms with E-state index in [9.17, 15) is 9.59 Å². The maximum absolute atomic E-state index is 11.4. The van der Waals surface area contributed by atoms with Gasteiger partial charge in [0.25, 0.3) is 0 Å². The van der Waals surface area contributed by atoms with Crippen LogP contribution in [0.2, 0.25) is 0 Å². The van der Waals surface area contributed by atoms with Crippen molar-refractivity contribution in [1.82, 2.24) is 10.6 Å². The minimum absolute atomic E-state index is 0.0865. The van der Waals surface area contributed by atoms with Gasteiger partial charge in [-0.1, -0.05) is 19.8 Å². The number of hydrogen-bond donors (Lipinski definition) is 3. The van der Waals surface area contributed by atoms with Gasteiger partial charge in [-0.05, 0) is 12.8 Å². The fraction of sp³-hybridized carbons (Fsp3) is 0.636. The summed E-state index contributed by atoms with van der Waals surface area (Å²) in [6.45, 7) is 3.67. The average molecular weight is 226 g/mol. The summed E-state index contributed by atoms with van der Waals surface area (Å²) in [6, 6.07) is -1.10. The summed E-state index contributed by atoms with van der Waals surface area (Å²) < 4.78 is 0. The third-order valence-electron chi connectivity index (χ3n) is 2.16. The first-order chi connectivity index (χ1) is 7.53. The molecule has 0 saturated carbocycles. The van der Waals surface area contributed by atoms with E-state index in [1.807, 2.05) is 13.8 Å². The maximum atomic E-state index is 11.4. The Labute approximate surface area is 95.6 Å². The zero-order valence-corrected chi connectivity index (χ0v) is 9.62. The Kier molecular flexibility index (Phi) is 6.77. The quantitative estimate of drug-likeness (QED) is 0.590. The van der Waals surface area contributed by atoms with E-state index in [1.54, 1.807) is 0 Å². The number of hydrogen-bond acceptors (Lipinski definition) is 2. The smallest absolute Gasteiger partial charge is 0.315 e. The van der Waals surface area contributed by atoms with Gasteiger partial charge < -0.3 is 15.7 Å². The Morgan fingerprint density at radius 1 is 1.31 bits per heavy atom. The predicted octanol–water partition coefficient (Wildman–Crippen LogP) is 0.951. The Bertz CT molecular complexity index is 283. The van der Waals surface area contributed by atoms with Gasteiger partial charge in [0.2, 0.25) is 0 Å². The Hall–Kier alpha value is -1.70. The van der Waals surface area contributed by atoms with E-state index < -0.39 is 12.0 Å².